The van der Waals surface area contributed by atoms with Gasteiger partial charge in [0.2, 0.25) is 0 Å². The fraction of sp³-hybridized carbons (Fsp3) is 0.667. The van der Waals surface area contributed by atoms with Crippen molar-refractivity contribution >= 4 is 18.2 Å². The Balaban J connectivity index is 0.00000200. The predicted octanol–water partition coefficient (Wildman–Crippen LogP) is 2.14. The molecule has 1 aromatic rings. The van der Waals surface area contributed by atoms with Gasteiger partial charge < -0.3 is 10.2 Å². The van der Waals surface area contributed by atoms with E-state index in [4.69, 9.17) is 0 Å². The Morgan fingerprint density at radius 2 is 2.05 bits per heavy atom. The number of nitrogens with one attached hydrogen (secondary N) is 1. The van der Waals surface area contributed by atoms with E-state index in [9.17, 15) is 0 Å². The Hall–Kier alpha value is -0.840. The van der Waals surface area contributed by atoms with Crippen LogP contribution in [-0.4, -0.2) is 49.7 Å². The van der Waals surface area contributed by atoms with Crippen molar-refractivity contribution in [2.24, 2.45) is 0 Å². The number of aromatic nitrogens is 1. The highest BCUT2D eigenvalue weighted by Crippen LogP contribution is 2.15. The molecule has 1 N–H and O–H groups in total. The topological polar surface area (TPSA) is 31.4 Å². The highest BCUT2D eigenvalue weighted by molar-refractivity contribution is 5.85. The zero-order valence-electron chi connectivity index (χ0n) is 12.8. The molecule has 0 unspecified atom stereocenters. The monoisotopic (exact) mass is 298 g/mol. The predicted molar refractivity (Wildman–Crippen MR) is 87.8 cm³/mol. The Morgan fingerprint density at radius 3 is 2.55 bits per heavy atom. The maximum atomic E-state index is 4.53. The number of anilines is 1. The van der Waals surface area contributed by atoms with Crippen LogP contribution in [0, 0.1) is 0 Å². The molecule has 1 aliphatic heterocycles. The van der Waals surface area contributed by atoms with Crippen molar-refractivity contribution < 1.29 is 0 Å². The highest BCUT2D eigenvalue weighted by Gasteiger charge is 2.17. The quantitative estimate of drug-likeness (QED) is 0.902. The largest absolute Gasteiger partial charge is 0.360 e. The highest BCUT2D eigenvalue weighted by atomic mass is 35.5. The van der Waals surface area contributed by atoms with E-state index in [1.165, 1.54) is 31.5 Å². The van der Waals surface area contributed by atoms with Crippen LogP contribution in [0.2, 0.25) is 0 Å². The van der Waals surface area contributed by atoms with E-state index in [0.29, 0.717) is 6.04 Å². The molecule has 1 fully saturated rings. The number of piperidine rings is 1. The SMILES string of the molecule is CCN(C)c1ccc(CN2CCC(NC)CC2)cn1.Cl. The zero-order chi connectivity index (χ0) is 13.7. The summed E-state index contributed by atoms with van der Waals surface area (Å²) < 4.78 is 0. The summed E-state index contributed by atoms with van der Waals surface area (Å²) in [4.78, 5) is 9.21. The van der Waals surface area contributed by atoms with Crippen LogP contribution in [-0.2, 0) is 6.54 Å². The minimum absolute atomic E-state index is 0. The van der Waals surface area contributed by atoms with Gasteiger partial charge in [0.1, 0.15) is 5.82 Å². The van der Waals surface area contributed by atoms with Gasteiger partial charge in [0.05, 0.1) is 0 Å². The molecule has 0 atom stereocenters. The lowest BCUT2D eigenvalue weighted by Crippen LogP contribution is -2.40. The van der Waals surface area contributed by atoms with Gasteiger partial charge in [0.15, 0.2) is 0 Å². The summed E-state index contributed by atoms with van der Waals surface area (Å²) in [7, 11) is 4.14. The summed E-state index contributed by atoms with van der Waals surface area (Å²) in [5.74, 6) is 1.06. The smallest absolute Gasteiger partial charge is 0.128 e. The first kappa shape index (κ1) is 17.2. The van der Waals surface area contributed by atoms with Crippen LogP contribution < -0.4 is 10.2 Å². The molecule has 114 valence electrons. The van der Waals surface area contributed by atoms with E-state index >= 15 is 0 Å². The van der Waals surface area contributed by atoms with Gasteiger partial charge >= 0.3 is 0 Å². The average Bonchev–Trinajstić information content (AvgIpc) is 2.48. The van der Waals surface area contributed by atoms with Gasteiger partial charge in [-0.15, -0.1) is 12.4 Å². The molecule has 4 nitrogen and oxygen atoms in total. The molecule has 5 heteroatoms. The summed E-state index contributed by atoms with van der Waals surface area (Å²) in [5.41, 5.74) is 1.32. The molecule has 0 bridgehead atoms. The van der Waals surface area contributed by atoms with Gasteiger partial charge in [-0.1, -0.05) is 6.07 Å². The number of hydrogen-bond donors (Lipinski definition) is 1. The van der Waals surface area contributed by atoms with Crippen molar-refractivity contribution in [3.05, 3.63) is 23.9 Å². The minimum Gasteiger partial charge on any atom is -0.360 e. The van der Waals surface area contributed by atoms with Crippen LogP contribution in [0.4, 0.5) is 5.82 Å². The number of likely N-dealkylation sites (tertiary alicyclic amines) is 1. The first-order valence-electron chi connectivity index (χ1n) is 7.28. The first-order valence-corrected chi connectivity index (χ1v) is 7.28. The van der Waals surface area contributed by atoms with Gasteiger partial charge in [-0.25, -0.2) is 4.98 Å². The molecule has 2 heterocycles. The number of nitrogens with zero attached hydrogens (tertiary/aromatic N) is 3. The molecule has 0 aliphatic carbocycles. The second kappa shape index (κ2) is 8.45. The Labute approximate surface area is 129 Å². The van der Waals surface area contributed by atoms with Crippen LogP contribution in [0.3, 0.4) is 0 Å². The molecule has 20 heavy (non-hydrogen) atoms. The van der Waals surface area contributed by atoms with E-state index in [0.717, 1.165) is 18.9 Å². The van der Waals surface area contributed by atoms with E-state index in [1.807, 2.05) is 6.20 Å². The van der Waals surface area contributed by atoms with Gasteiger partial charge in [0.25, 0.3) is 0 Å². The lowest BCUT2D eigenvalue weighted by Gasteiger charge is -2.31. The summed E-state index contributed by atoms with van der Waals surface area (Å²) in [6.45, 7) is 6.52. The molecule has 0 radical (unpaired) electrons. The van der Waals surface area contributed by atoms with E-state index < -0.39 is 0 Å². The van der Waals surface area contributed by atoms with E-state index in [2.05, 4.69) is 53.3 Å². The minimum atomic E-state index is 0. The van der Waals surface area contributed by atoms with Crippen molar-refractivity contribution in [2.75, 3.05) is 38.6 Å². The van der Waals surface area contributed by atoms with Gasteiger partial charge in [-0.2, -0.15) is 0 Å². The molecule has 0 aromatic carbocycles. The lowest BCUT2D eigenvalue weighted by molar-refractivity contribution is 0.194. The van der Waals surface area contributed by atoms with E-state index in [-0.39, 0.29) is 12.4 Å². The van der Waals surface area contributed by atoms with Crippen molar-refractivity contribution in [1.29, 1.82) is 0 Å². The lowest BCUT2D eigenvalue weighted by atomic mass is 10.0. The van der Waals surface area contributed by atoms with E-state index in [1.54, 1.807) is 0 Å². The third kappa shape index (κ3) is 4.62. The number of pyridine rings is 1. The summed E-state index contributed by atoms with van der Waals surface area (Å²) in [6, 6.07) is 5.03. The molecule has 0 amide bonds. The zero-order valence-corrected chi connectivity index (χ0v) is 13.6. The Morgan fingerprint density at radius 1 is 1.35 bits per heavy atom. The molecule has 0 saturated carbocycles. The standard InChI is InChI=1S/C15H26N4.ClH/c1-4-18(3)15-6-5-13(11-17-15)12-19-9-7-14(16-2)8-10-19;/h5-6,11,14,16H,4,7-10,12H2,1-3H3;1H. The molecule has 2 rings (SSSR count). The van der Waals surface area contributed by atoms with Crippen molar-refractivity contribution in [3.8, 4) is 0 Å². The molecular weight excluding hydrogens is 272 g/mol. The van der Waals surface area contributed by atoms with Crippen LogP contribution in [0.5, 0.6) is 0 Å². The molecule has 1 saturated heterocycles. The molecule has 1 aliphatic rings. The summed E-state index contributed by atoms with van der Waals surface area (Å²) >= 11 is 0. The summed E-state index contributed by atoms with van der Waals surface area (Å²) in [6.07, 6.45) is 4.52. The van der Waals surface area contributed by atoms with Crippen molar-refractivity contribution in [2.45, 2.75) is 32.4 Å². The van der Waals surface area contributed by atoms with Crippen molar-refractivity contribution in [3.63, 3.8) is 0 Å². The number of rotatable bonds is 5. The fourth-order valence-corrected chi connectivity index (χ4v) is 2.54. The number of halogens is 1. The Kier molecular flexibility index (Phi) is 7.27. The van der Waals surface area contributed by atoms with Gasteiger partial charge in [-0.05, 0) is 51.5 Å². The van der Waals surface area contributed by atoms with Crippen LogP contribution in [0.15, 0.2) is 18.3 Å². The Bertz CT molecular complexity index is 374. The fourth-order valence-electron chi connectivity index (χ4n) is 2.54. The van der Waals surface area contributed by atoms with Gasteiger partial charge in [-0.3, -0.25) is 4.90 Å². The second-order valence-electron chi connectivity index (χ2n) is 5.38. The molecule has 1 aromatic heterocycles. The van der Waals surface area contributed by atoms with Crippen LogP contribution in [0.25, 0.3) is 0 Å². The van der Waals surface area contributed by atoms with Crippen LogP contribution >= 0.6 is 12.4 Å². The number of hydrogen-bond acceptors (Lipinski definition) is 4. The third-order valence-electron chi connectivity index (χ3n) is 4.08. The first-order chi connectivity index (χ1) is 9.22. The van der Waals surface area contributed by atoms with Crippen LogP contribution in [0.1, 0.15) is 25.3 Å². The third-order valence-corrected chi connectivity index (χ3v) is 4.08. The maximum absolute atomic E-state index is 4.53. The normalized spacial score (nSPS) is 16.8. The summed E-state index contributed by atoms with van der Waals surface area (Å²) in [5, 5.41) is 3.37. The molecule has 0 spiro atoms. The maximum Gasteiger partial charge on any atom is 0.128 e. The second-order valence-corrected chi connectivity index (χ2v) is 5.38. The van der Waals surface area contributed by atoms with Gasteiger partial charge in [0, 0.05) is 32.4 Å². The molecular formula is C15H27ClN4. The van der Waals surface area contributed by atoms with Crippen molar-refractivity contribution in [1.82, 2.24) is 15.2 Å². The average molecular weight is 299 g/mol.